The summed E-state index contributed by atoms with van der Waals surface area (Å²) in [6.07, 6.45) is 7.04. The van der Waals surface area contributed by atoms with E-state index in [2.05, 4.69) is 18.9 Å². The molecule has 1 heterocycles. The first kappa shape index (κ1) is 15.8. The van der Waals surface area contributed by atoms with Crippen molar-refractivity contribution in [2.24, 2.45) is 5.92 Å². The Bertz CT molecular complexity index is 521. The smallest absolute Gasteiger partial charge is 0.0981 e. The molecular weight excluding hydrogens is 260 g/mol. The van der Waals surface area contributed by atoms with Crippen molar-refractivity contribution in [1.82, 2.24) is 9.78 Å². The van der Waals surface area contributed by atoms with Gasteiger partial charge in [-0.25, -0.2) is 4.68 Å². The minimum absolute atomic E-state index is 0.461. The van der Waals surface area contributed by atoms with Crippen LogP contribution >= 0.6 is 0 Å². The van der Waals surface area contributed by atoms with Gasteiger partial charge in [0.05, 0.1) is 17.5 Å². The third-order valence-corrected chi connectivity index (χ3v) is 4.07. The maximum atomic E-state index is 10.4. The molecule has 2 atom stereocenters. The van der Waals surface area contributed by atoms with E-state index in [1.807, 2.05) is 47.3 Å². The van der Waals surface area contributed by atoms with E-state index < -0.39 is 6.10 Å². The number of para-hydroxylation sites is 1. The highest BCUT2D eigenvalue weighted by Crippen LogP contribution is 2.26. The summed E-state index contributed by atoms with van der Waals surface area (Å²) in [6.45, 7) is 4.42. The molecule has 0 spiro atoms. The van der Waals surface area contributed by atoms with Gasteiger partial charge in [0.1, 0.15) is 0 Å². The summed E-state index contributed by atoms with van der Waals surface area (Å²) in [5, 5.41) is 14.9. The Balaban J connectivity index is 2.00. The first-order valence-corrected chi connectivity index (χ1v) is 8.03. The van der Waals surface area contributed by atoms with Crippen molar-refractivity contribution in [1.29, 1.82) is 0 Å². The molecule has 0 amide bonds. The number of aromatic nitrogens is 2. The summed E-state index contributed by atoms with van der Waals surface area (Å²) in [5.41, 5.74) is 1.79. The van der Waals surface area contributed by atoms with Crippen molar-refractivity contribution in [2.45, 2.75) is 52.1 Å². The highest BCUT2D eigenvalue weighted by Gasteiger charge is 2.16. The summed E-state index contributed by atoms with van der Waals surface area (Å²) in [6, 6.07) is 11.9. The minimum Gasteiger partial charge on any atom is -0.387 e. The van der Waals surface area contributed by atoms with Crippen LogP contribution in [0.3, 0.4) is 0 Å². The second kappa shape index (κ2) is 7.99. The fourth-order valence-corrected chi connectivity index (χ4v) is 2.66. The predicted octanol–water partition coefficient (Wildman–Crippen LogP) is 4.51. The van der Waals surface area contributed by atoms with Gasteiger partial charge in [-0.3, -0.25) is 0 Å². The Hall–Kier alpha value is -1.61. The molecule has 0 aliphatic carbocycles. The average molecular weight is 286 g/mol. The van der Waals surface area contributed by atoms with Gasteiger partial charge in [0.15, 0.2) is 0 Å². The van der Waals surface area contributed by atoms with Crippen molar-refractivity contribution in [3.8, 4) is 5.69 Å². The molecule has 3 nitrogen and oxygen atoms in total. The number of benzene rings is 1. The van der Waals surface area contributed by atoms with Crippen LogP contribution < -0.4 is 0 Å². The van der Waals surface area contributed by atoms with Gasteiger partial charge in [-0.15, -0.1) is 0 Å². The molecule has 0 fully saturated rings. The number of hydrogen-bond acceptors (Lipinski definition) is 2. The molecular formula is C18H26N2O. The predicted molar refractivity (Wildman–Crippen MR) is 86.4 cm³/mol. The zero-order valence-corrected chi connectivity index (χ0v) is 13.1. The molecule has 3 heteroatoms. The summed E-state index contributed by atoms with van der Waals surface area (Å²) in [4.78, 5) is 0. The summed E-state index contributed by atoms with van der Waals surface area (Å²) < 4.78 is 1.82. The number of aliphatic hydroxyl groups is 1. The summed E-state index contributed by atoms with van der Waals surface area (Å²) in [5.74, 6) is 0.585. The van der Waals surface area contributed by atoms with E-state index in [-0.39, 0.29) is 0 Å². The van der Waals surface area contributed by atoms with E-state index in [4.69, 9.17) is 0 Å². The Morgan fingerprint density at radius 3 is 2.57 bits per heavy atom. The van der Waals surface area contributed by atoms with E-state index in [0.717, 1.165) is 24.2 Å². The third kappa shape index (κ3) is 4.43. The second-order valence-corrected chi connectivity index (χ2v) is 5.69. The standard InChI is InChI=1S/C18H26N2O/c1-3-5-9-15(4-2)14-18(21)17-12-13-20(19-17)16-10-7-6-8-11-16/h6-8,10-13,15,18,21H,3-5,9,14H2,1-2H3. The Morgan fingerprint density at radius 1 is 1.14 bits per heavy atom. The quantitative estimate of drug-likeness (QED) is 0.775. The topological polar surface area (TPSA) is 38.0 Å². The van der Waals surface area contributed by atoms with Crippen LogP contribution in [-0.2, 0) is 0 Å². The maximum absolute atomic E-state index is 10.4. The lowest BCUT2D eigenvalue weighted by Gasteiger charge is -2.17. The van der Waals surface area contributed by atoms with Crippen molar-refractivity contribution in [2.75, 3.05) is 0 Å². The molecule has 2 rings (SSSR count). The van der Waals surface area contributed by atoms with Gasteiger partial charge in [0, 0.05) is 6.20 Å². The van der Waals surface area contributed by atoms with Crippen molar-refractivity contribution in [3.05, 3.63) is 48.3 Å². The Kier molecular flexibility index (Phi) is 6.00. The van der Waals surface area contributed by atoms with E-state index in [0.29, 0.717) is 5.92 Å². The molecule has 114 valence electrons. The molecule has 1 N–H and O–H groups in total. The van der Waals surface area contributed by atoms with Crippen molar-refractivity contribution >= 4 is 0 Å². The number of nitrogens with zero attached hydrogens (tertiary/aromatic N) is 2. The molecule has 2 aromatic rings. The lowest BCUT2D eigenvalue weighted by atomic mass is 9.92. The number of rotatable bonds is 8. The van der Waals surface area contributed by atoms with Gasteiger partial charge in [-0.2, -0.15) is 5.10 Å². The fourth-order valence-electron chi connectivity index (χ4n) is 2.66. The molecule has 0 aliphatic rings. The highest BCUT2D eigenvalue weighted by atomic mass is 16.3. The molecule has 1 aromatic heterocycles. The van der Waals surface area contributed by atoms with Crippen molar-refractivity contribution in [3.63, 3.8) is 0 Å². The molecule has 21 heavy (non-hydrogen) atoms. The third-order valence-electron chi connectivity index (χ3n) is 4.07. The van der Waals surface area contributed by atoms with Gasteiger partial charge in [-0.05, 0) is 30.5 Å². The van der Waals surface area contributed by atoms with Gasteiger partial charge >= 0.3 is 0 Å². The van der Waals surface area contributed by atoms with Crippen LogP contribution in [0.4, 0.5) is 0 Å². The second-order valence-electron chi connectivity index (χ2n) is 5.69. The maximum Gasteiger partial charge on any atom is 0.0981 e. The number of hydrogen-bond donors (Lipinski definition) is 1. The van der Waals surface area contributed by atoms with Gasteiger partial charge < -0.3 is 5.11 Å². The fraction of sp³-hybridized carbons (Fsp3) is 0.500. The van der Waals surface area contributed by atoms with E-state index in [1.54, 1.807) is 0 Å². The SMILES string of the molecule is CCCCC(CC)CC(O)c1ccn(-c2ccccc2)n1. The average Bonchev–Trinajstić information content (AvgIpc) is 3.02. The lowest BCUT2D eigenvalue weighted by molar-refractivity contribution is 0.134. The van der Waals surface area contributed by atoms with Crippen LogP contribution in [0.1, 0.15) is 57.7 Å². The summed E-state index contributed by atoms with van der Waals surface area (Å²) in [7, 11) is 0. The Morgan fingerprint density at radius 2 is 1.90 bits per heavy atom. The van der Waals surface area contributed by atoms with Crippen LogP contribution in [0.25, 0.3) is 5.69 Å². The first-order valence-electron chi connectivity index (χ1n) is 8.03. The molecule has 0 saturated heterocycles. The van der Waals surface area contributed by atoms with E-state index in [9.17, 15) is 5.11 Å². The highest BCUT2D eigenvalue weighted by molar-refractivity contribution is 5.30. The van der Waals surface area contributed by atoms with Gasteiger partial charge in [0.2, 0.25) is 0 Å². The molecule has 0 aliphatic heterocycles. The van der Waals surface area contributed by atoms with Gasteiger partial charge in [0.25, 0.3) is 0 Å². The Labute approximate surface area is 127 Å². The molecule has 2 unspecified atom stereocenters. The molecule has 0 bridgehead atoms. The zero-order chi connectivity index (χ0) is 15.1. The number of unbranched alkanes of at least 4 members (excludes halogenated alkanes) is 1. The summed E-state index contributed by atoms with van der Waals surface area (Å²) >= 11 is 0. The van der Waals surface area contributed by atoms with Crippen LogP contribution in [0.2, 0.25) is 0 Å². The minimum atomic E-state index is -0.461. The van der Waals surface area contributed by atoms with Crippen LogP contribution in [0.5, 0.6) is 0 Å². The van der Waals surface area contributed by atoms with E-state index in [1.165, 1.54) is 19.3 Å². The molecule has 0 saturated carbocycles. The van der Waals surface area contributed by atoms with E-state index >= 15 is 0 Å². The number of aliphatic hydroxyl groups excluding tert-OH is 1. The van der Waals surface area contributed by atoms with Gasteiger partial charge in [-0.1, -0.05) is 57.7 Å². The largest absolute Gasteiger partial charge is 0.387 e. The molecule has 1 aromatic carbocycles. The lowest BCUT2D eigenvalue weighted by Crippen LogP contribution is -2.08. The molecule has 0 radical (unpaired) electrons. The zero-order valence-electron chi connectivity index (χ0n) is 13.1. The van der Waals surface area contributed by atoms with Crippen molar-refractivity contribution < 1.29 is 5.11 Å². The normalized spacial score (nSPS) is 14.0. The van der Waals surface area contributed by atoms with Crippen LogP contribution in [0.15, 0.2) is 42.6 Å². The first-order chi connectivity index (χ1) is 10.2. The monoisotopic (exact) mass is 286 g/mol. The van der Waals surface area contributed by atoms with Crippen LogP contribution in [0, 0.1) is 5.92 Å². The van der Waals surface area contributed by atoms with Crippen LogP contribution in [-0.4, -0.2) is 14.9 Å².